The number of hydrogen-bond acceptors (Lipinski definition) is 4. The average molecular weight is 329 g/mol. The second-order valence-electron chi connectivity index (χ2n) is 6.42. The first-order valence-corrected chi connectivity index (χ1v) is 8.50. The van der Waals surface area contributed by atoms with Gasteiger partial charge in [-0.15, -0.1) is 0 Å². The fourth-order valence-electron chi connectivity index (χ4n) is 3.00. The lowest BCUT2D eigenvalue weighted by molar-refractivity contribution is -0.139. The normalized spacial score (nSPS) is 18.2. The van der Waals surface area contributed by atoms with Crippen LogP contribution >= 0.6 is 0 Å². The number of nitrogens with zero attached hydrogens (tertiary/aromatic N) is 2. The molecular formula is C18H23N3O3. The number of ketones is 1. The van der Waals surface area contributed by atoms with Gasteiger partial charge in [-0.25, -0.2) is 0 Å². The van der Waals surface area contributed by atoms with E-state index in [1.54, 1.807) is 17.0 Å². The lowest BCUT2D eigenvalue weighted by atomic mass is 10.1. The molecule has 1 N–H and O–H groups in total. The molecule has 0 spiro atoms. The molecule has 1 saturated carbocycles. The number of nitrogens with one attached hydrogen (secondary N) is 1. The van der Waals surface area contributed by atoms with Crippen LogP contribution in [-0.2, 0) is 20.8 Å². The molecule has 1 heterocycles. The van der Waals surface area contributed by atoms with Gasteiger partial charge in [-0.2, -0.15) is 0 Å². The Kier molecular flexibility index (Phi) is 5.25. The van der Waals surface area contributed by atoms with Crippen molar-refractivity contribution in [2.75, 3.05) is 32.7 Å². The van der Waals surface area contributed by atoms with Crippen LogP contribution < -0.4 is 5.32 Å². The van der Waals surface area contributed by atoms with Crippen molar-refractivity contribution in [2.24, 2.45) is 0 Å². The zero-order valence-electron chi connectivity index (χ0n) is 13.7. The lowest BCUT2D eigenvalue weighted by Gasteiger charge is -2.34. The van der Waals surface area contributed by atoms with E-state index in [1.165, 1.54) is 12.8 Å². The summed E-state index contributed by atoms with van der Waals surface area (Å²) < 4.78 is 0. The molecule has 2 aliphatic rings. The molecule has 0 bridgehead atoms. The van der Waals surface area contributed by atoms with Crippen molar-refractivity contribution >= 4 is 17.6 Å². The smallest absolute Gasteiger partial charge is 0.288 e. The number of carbonyl (C=O) groups excluding carboxylic acids is 3. The second kappa shape index (κ2) is 7.57. The van der Waals surface area contributed by atoms with Gasteiger partial charge >= 0.3 is 0 Å². The molecule has 0 unspecified atom stereocenters. The largest absolute Gasteiger partial charge is 0.340 e. The standard InChI is InChI=1S/C18H23N3O3/c22-16(12-14-4-2-1-3-5-14)18(24)19-13-17(23)21-10-8-20(9-11-21)15-6-7-15/h1-5,15H,6-13H2,(H,19,24). The van der Waals surface area contributed by atoms with Gasteiger partial charge in [0.05, 0.1) is 6.54 Å². The Bertz CT molecular complexity index is 605. The Morgan fingerprint density at radius 2 is 1.67 bits per heavy atom. The summed E-state index contributed by atoms with van der Waals surface area (Å²) in [6.07, 6.45) is 2.60. The number of piperazine rings is 1. The van der Waals surface area contributed by atoms with E-state index in [-0.39, 0.29) is 18.9 Å². The molecule has 24 heavy (non-hydrogen) atoms. The summed E-state index contributed by atoms with van der Waals surface area (Å²) in [5.41, 5.74) is 0.792. The summed E-state index contributed by atoms with van der Waals surface area (Å²) >= 11 is 0. The minimum Gasteiger partial charge on any atom is -0.340 e. The van der Waals surface area contributed by atoms with Gasteiger partial charge in [0.15, 0.2) is 0 Å². The Morgan fingerprint density at radius 1 is 1.00 bits per heavy atom. The van der Waals surface area contributed by atoms with E-state index in [2.05, 4.69) is 10.2 Å². The maximum absolute atomic E-state index is 12.2. The zero-order chi connectivity index (χ0) is 16.9. The summed E-state index contributed by atoms with van der Waals surface area (Å²) in [7, 11) is 0. The number of hydrogen-bond donors (Lipinski definition) is 1. The van der Waals surface area contributed by atoms with Gasteiger partial charge in [0.1, 0.15) is 0 Å². The summed E-state index contributed by atoms with van der Waals surface area (Å²) in [6, 6.07) is 9.83. The Hall–Kier alpha value is -2.21. The van der Waals surface area contributed by atoms with E-state index < -0.39 is 11.7 Å². The summed E-state index contributed by atoms with van der Waals surface area (Å²) in [5, 5.41) is 2.45. The summed E-state index contributed by atoms with van der Waals surface area (Å²) in [5.74, 6) is -1.33. The van der Waals surface area contributed by atoms with Crippen LogP contribution in [0.25, 0.3) is 0 Å². The van der Waals surface area contributed by atoms with Crippen LogP contribution in [0.3, 0.4) is 0 Å². The van der Waals surface area contributed by atoms with E-state index in [4.69, 9.17) is 0 Å². The average Bonchev–Trinajstić information content (AvgIpc) is 3.45. The molecule has 1 aromatic rings. The third-order valence-corrected chi connectivity index (χ3v) is 4.59. The maximum Gasteiger partial charge on any atom is 0.288 e. The molecule has 1 aromatic carbocycles. The van der Waals surface area contributed by atoms with Gasteiger partial charge in [0, 0.05) is 38.6 Å². The minimum absolute atomic E-state index is 0.0565. The number of amides is 2. The van der Waals surface area contributed by atoms with Crippen LogP contribution in [0.2, 0.25) is 0 Å². The quantitative estimate of drug-likeness (QED) is 0.758. The molecule has 2 amide bonds. The molecule has 2 fully saturated rings. The third kappa shape index (κ3) is 4.41. The third-order valence-electron chi connectivity index (χ3n) is 4.59. The van der Waals surface area contributed by atoms with Gasteiger partial charge < -0.3 is 10.2 Å². The maximum atomic E-state index is 12.2. The molecule has 1 saturated heterocycles. The van der Waals surface area contributed by atoms with Crippen LogP contribution in [0.1, 0.15) is 18.4 Å². The van der Waals surface area contributed by atoms with E-state index in [9.17, 15) is 14.4 Å². The molecule has 0 radical (unpaired) electrons. The predicted molar refractivity (Wildman–Crippen MR) is 89.3 cm³/mol. The highest BCUT2D eigenvalue weighted by molar-refractivity contribution is 6.36. The van der Waals surface area contributed by atoms with Crippen molar-refractivity contribution in [3.8, 4) is 0 Å². The highest BCUT2D eigenvalue weighted by Crippen LogP contribution is 2.27. The van der Waals surface area contributed by atoms with Crippen LogP contribution in [0, 0.1) is 0 Å². The molecule has 3 rings (SSSR count). The first-order valence-electron chi connectivity index (χ1n) is 8.50. The number of rotatable bonds is 6. The van der Waals surface area contributed by atoms with Gasteiger partial charge in [0.25, 0.3) is 5.91 Å². The van der Waals surface area contributed by atoms with Crippen molar-refractivity contribution in [3.05, 3.63) is 35.9 Å². The SMILES string of the molecule is O=C(Cc1ccccc1)C(=O)NCC(=O)N1CCN(C2CC2)CC1. The van der Waals surface area contributed by atoms with Crippen LogP contribution in [0.5, 0.6) is 0 Å². The van der Waals surface area contributed by atoms with Crippen molar-refractivity contribution in [1.29, 1.82) is 0 Å². The number of Topliss-reactive ketones (excluding diaryl/α,β-unsaturated/α-hetero) is 1. The van der Waals surface area contributed by atoms with Crippen LogP contribution in [-0.4, -0.2) is 66.2 Å². The molecule has 128 valence electrons. The molecule has 1 aliphatic heterocycles. The highest BCUT2D eigenvalue weighted by Gasteiger charge is 2.32. The number of carbonyl (C=O) groups is 3. The Morgan fingerprint density at radius 3 is 2.29 bits per heavy atom. The second-order valence-corrected chi connectivity index (χ2v) is 6.42. The van der Waals surface area contributed by atoms with Crippen LogP contribution in [0.4, 0.5) is 0 Å². The van der Waals surface area contributed by atoms with Crippen molar-refractivity contribution in [2.45, 2.75) is 25.3 Å². The highest BCUT2D eigenvalue weighted by atomic mass is 16.2. The van der Waals surface area contributed by atoms with Crippen molar-refractivity contribution in [3.63, 3.8) is 0 Å². The zero-order valence-corrected chi connectivity index (χ0v) is 13.7. The van der Waals surface area contributed by atoms with Gasteiger partial charge in [-0.3, -0.25) is 19.3 Å². The minimum atomic E-state index is -0.691. The Balaban J connectivity index is 1.39. The Labute approximate surface area is 141 Å². The monoisotopic (exact) mass is 329 g/mol. The lowest BCUT2D eigenvalue weighted by Crippen LogP contribution is -2.52. The molecular weight excluding hydrogens is 306 g/mol. The van der Waals surface area contributed by atoms with Gasteiger partial charge in [0.2, 0.25) is 11.7 Å². The summed E-state index contributed by atoms with van der Waals surface area (Å²) in [4.78, 5) is 40.1. The number of benzene rings is 1. The predicted octanol–water partition coefficient (Wildman–Crippen LogP) is 0.221. The van der Waals surface area contributed by atoms with Crippen molar-refractivity contribution in [1.82, 2.24) is 15.1 Å². The van der Waals surface area contributed by atoms with Gasteiger partial charge in [-0.1, -0.05) is 30.3 Å². The molecule has 6 heteroatoms. The summed E-state index contributed by atoms with van der Waals surface area (Å²) in [6.45, 7) is 3.09. The van der Waals surface area contributed by atoms with E-state index >= 15 is 0 Å². The topological polar surface area (TPSA) is 69.7 Å². The van der Waals surface area contributed by atoms with Crippen molar-refractivity contribution < 1.29 is 14.4 Å². The van der Waals surface area contributed by atoms with E-state index in [0.29, 0.717) is 13.1 Å². The van der Waals surface area contributed by atoms with Gasteiger partial charge in [-0.05, 0) is 18.4 Å². The first-order chi connectivity index (χ1) is 11.6. The fourth-order valence-corrected chi connectivity index (χ4v) is 3.00. The van der Waals surface area contributed by atoms with Crippen LogP contribution in [0.15, 0.2) is 30.3 Å². The van der Waals surface area contributed by atoms with E-state index in [1.807, 2.05) is 18.2 Å². The molecule has 0 aromatic heterocycles. The first kappa shape index (κ1) is 16.6. The fraction of sp³-hybridized carbons (Fsp3) is 0.500. The molecule has 0 atom stereocenters. The molecule has 6 nitrogen and oxygen atoms in total. The molecule has 1 aliphatic carbocycles. The van der Waals surface area contributed by atoms with E-state index in [0.717, 1.165) is 24.7 Å².